The SMILES string of the molecule is CC(=O)Nc1c(N=Nc2ccc(I)cc2)cc(C(=O)O)c(I)c1C(=O)O. The van der Waals surface area contributed by atoms with Gasteiger partial charge in [0.05, 0.1) is 22.5 Å². The van der Waals surface area contributed by atoms with Crippen molar-refractivity contribution in [3.63, 3.8) is 0 Å². The topological polar surface area (TPSA) is 128 Å². The van der Waals surface area contributed by atoms with Gasteiger partial charge in [0.2, 0.25) is 5.91 Å². The first-order valence-corrected chi connectivity index (χ1v) is 9.14. The maximum Gasteiger partial charge on any atom is 0.339 e. The number of nitrogens with one attached hydrogen (secondary N) is 1. The van der Waals surface area contributed by atoms with Crippen molar-refractivity contribution in [2.75, 3.05) is 5.32 Å². The molecule has 0 aliphatic carbocycles. The molecule has 0 saturated heterocycles. The summed E-state index contributed by atoms with van der Waals surface area (Å²) in [5, 5.41) is 29.2. The molecule has 0 heterocycles. The lowest BCUT2D eigenvalue weighted by atomic mass is 10.1. The van der Waals surface area contributed by atoms with E-state index in [0.29, 0.717) is 5.69 Å². The van der Waals surface area contributed by atoms with Gasteiger partial charge >= 0.3 is 11.9 Å². The lowest BCUT2D eigenvalue weighted by Crippen LogP contribution is -2.15. The Labute approximate surface area is 175 Å². The Balaban J connectivity index is 2.68. The summed E-state index contributed by atoms with van der Waals surface area (Å²) in [5.74, 6) is -3.21. The monoisotopic (exact) mass is 579 g/mol. The lowest BCUT2D eigenvalue weighted by Gasteiger charge is -2.13. The van der Waals surface area contributed by atoms with Gasteiger partial charge in [-0.3, -0.25) is 4.79 Å². The maximum absolute atomic E-state index is 11.6. The summed E-state index contributed by atoms with van der Waals surface area (Å²) in [6.45, 7) is 1.21. The van der Waals surface area contributed by atoms with Crippen LogP contribution >= 0.6 is 45.2 Å². The third-order valence-electron chi connectivity index (χ3n) is 3.09. The van der Waals surface area contributed by atoms with E-state index >= 15 is 0 Å². The molecule has 0 fully saturated rings. The predicted octanol–water partition coefficient (Wildman–Crippen LogP) is 4.67. The van der Waals surface area contributed by atoms with Gasteiger partial charge in [0.25, 0.3) is 0 Å². The van der Waals surface area contributed by atoms with Gasteiger partial charge in [0, 0.05) is 14.1 Å². The number of carboxylic acid groups (broad SMARTS) is 2. The van der Waals surface area contributed by atoms with E-state index in [1.54, 1.807) is 34.7 Å². The second-order valence-corrected chi connectivity index (χ2v) is 7.30. The number of azo groups is 1. The molecular formula is C16H11I2N3O5. The quantitative estimate of drug-likeness (QED) is 0.351. The zero-order valence-corrected chi connectivity index (χ0v) is 17.5. The van der Waals surface area contributed by atoms with Gasteiger partial charge in [-0.05, 0) is 75.5 Å². The highest BCUT2D eigenvalue weighted by atomic mass is 127. The highest BCUT2D eigenvalue weighted by molar-refractivity contribution is 14.1. The third-order valence-corrected chi connectivity index (χ3v) is 4.93. The van der Waals surface area contributed by atoms with E-state index in [9.17, 15) is 24.6 Å². The van der Waals surface area contributed by atoms with Gasteiger partial charge in [-0.15, -0.1) is 5.11 Å². The standard InChI is InChI=1S/C16H11I2N3O5/c1-7(22)19-14-11(21-20-9-4-2-8(17)3-5-9)6-10(15(23)24)13(18)12(14)16(25)26/h2-6H,1H3,(H,19,22)(H,23,24)(H,25,26). The van der Waals surface area contributed by atoms with Crippen molar-refractivity contribution >= 4 is 80.1 Å². The smallest absolute Gasteiger partial charge is 0.339 e. The van der Waals surface area contributed by atoms with Crippen LogP contribution < -0.4 is 5.32 Å². The number of carboxylic acids is 2. The third kappa shape index (κ3) is 4.75. The fourth-order valence-corrected chi connectivity index (χ4v) is 3.25. The summed E-state index contributed by atoms with van der Waals surface area (Å²) in [5.41, 5.74) is -0.264. The average molecular weight is 579 g/mol. The predicted molar refractivity (Wildman–Crippen MR) is 111 cm³/mol. The first-order valence-electron chi connectivity index (χ1n) is 6.98. The van der Waals surface area contributed by atoms with Crippen LogP contribution in [-0.2, 0) is 4.79 Å². The Morgan fingerprint density at radius 2 is 1.62 bits per heavy atom. The van der Waals surface area contributed by atoms with E-state index in [1.807, 2.05) is 12.1 Å². The highest BCUT2D eigenvalue weighted by Gasteiger charge is 2.25. The Bertz CT molecular complexity index is 926. The fourth-order valence-electron chi connectivity index (χ4n) is 2.00. The van der Waals surface area contributed by atoms with Gasteiger partial charge in [-0.25, -0.2) is 9.59 Å². The molecule has 2 aromatic carbocycles. The van der Waals surface area contributed by atoms with Crippen molar-refractivity contribution in [1.29, 1.82) is 0 Å². The number of rotatable bonds is 5. The number of carbonyl (C=O) groups excluding carboxylic acids is 1. The van der Waals surface area contributed by atoms with E-state index in [1.165, 1.54) is 13.0 Å². The lowest BCUT2D eigenvalue weighted by molar-refractivity contribution is -0.114. The molecule has 8 nitrogen and oxygen atoms in total. The van der Waals surface area contributed by atoms with Crippen molar-refractivity contribution in [3.05, 3.63) is 48.6 Å². The van der Waals surface area contributed by atoms with E-state index < -0.39 is 17.8 Å². The zero-order chi connectivity index (χ0) is 19.4. The molecule has 0 bridgehead atoms. The van der Waals surface area contributed by atoms with Crippen molar-refractivity contribution in [3.8, 4) is 0 Å². The summed E-state index contributed by atoms with van der Waals surface area (Å²) in [6.07, 6.45) is 0. The molecule has 1 amide bonds. The molecule has 26 heavy (non-hydrogen) atoms. The number of halogens is 2. The minimum Gasteiger partial charge on any atom is -0.478 e. The molecule has 0 aliphatic rings. The summed E-state index contributed by atoms with van der Waals surface area (Å²) >= 11 is 3.75. The second-order valence-electron chi connectivity index (χ2n) is 4.98. The minimum absolute atomic E-state index is 0.0143. The Morgan fingerprint density at radius 1 is 1.00 bits per heavy atom. The van der Waals surface area contributed by atoms with Gasteiger partial charge in [-0.1, -0.05) is 0 Å². The summed E-state index contributed by atoms with van der Waals surface area (Å²) in [7, 11) is 0. The van der Waals surface area contributed by atoms with Crippen LogP contribution in [0, 0.1) is 7.14 Å². The Morgan fingerprint density at radius 3 is 2.12 bits per heavy atom. The Kier molecular flexibility index (Phi) is 6.63. The molecule has 0 radical (unpaired) electrons. The average Bonchev–Trinajstić information content (AvgIpc) is 2.54. The summed E-state index contributed by atoms with van der Waals surface area (Å²) in [6, 6.07) is 8.20. The fraction of sp³-hybridized carbons (Fsp3) is 0.0625. The number of nitrogens with zero attached hydrogens (tertiary/aromatic N) is 2. The second kappa shape index (κ2) is 8.53. The Hall–Kier alpha value is -2.09. The van der Waals surface area contributed by atoms with Gasteiger partial charge in [-0.2, -0.15) is 5.11 Å². The van der Waals surface area contributed by atoms with Crippen molar-refractivity contribution in [2.24, 2.45) is 10.2 Å². The number of hydrogen-bond donors (Lipinski definition) is 3. The zero-order valence-electron chi connectivity index (χ0n) is 13.2. The van der Waals surface area contributed by atoms with Crippen LogP contribution in [0.5, 0.6) is 0 Å². The van der Waals surface area contributed by atoms with Crippen molar-refractivity contribution < 1.29 is 24.6 Å². The first-order chi connectivity index (χ1) is 12.2. The van der Waals surface area contributed by atoms with Crippen LogP contribution in [0.2, 0.25) is 0 Å². The van der Waals surface area contributed by atoms with Crippen LogP contribution in [0.1, 0.15) is 27.6 Å². The van der Waals surface area contributed by atoms with E-state index in [-0.39, 0.29) is 26.1 Å². The molecule has 134 valence electrons. The first kappa shape index (κ1) is 20.2. The largest absolute Gasteiger partial charge is 0.478 e. The van der Waals surface area contributed by atoms with E-state index in [4.69, 9.17) is 0 Å². The molecule has 0 aromatic heterocycles. The molecule has 10 heteroatoms. The van der Waals surface area contributed by atoms with E-state index in [0.717, 1.165) is 3.57 Å². The number of anilines is 1. The summed E-state index contributed by atoms with van der Waals surface area (Å²) < 4.78 is 0.982. The van der Waals surface area contributed by atoms with Crippen molar-refractivity contribution in [2.45, 2.75) is 6.92 Å². The van der Waals surface area contributed by atoms with Crippen LogP contribution in [0.15, 0.2) is 40.6 Å². The molecule has 0 atom stereocenters. The van der Waals surface area contributed by atoms with Crippen LogP contribution in [0.25, 0.3) is 0 Å². The number of aromatic carboxylic acids is 2. The normalized spacial score (nSPS) is 10.7. The molecule has 2 rings (SSSR count). The molecule has 0 spiro atoms. The number of hydrogen-bond acceptors (Lipinski definition) is 5. The number of carbonyl (C=O) groups is 3. The number of benzene rings is 2. The molecule has 2 aromatic rings. The van der Waals surface area contributed by atoms with Crippen LogP contribution in [-0.4, -0.2) is 28.1 Å². The minimum atomic E-state index is -1.38. The van der Waals surface area contributed by atoms with Gasteiger partial charge in [0.15, 0.2) is 0 Å². The molecule has 3 N–H and O–H groups in total. The molecule has 0 unspecified atom stereocenters. The maximum atomic E-state index is 11.6. The number of amides is 1. The van der Waals surface area contributed by atoms with Gasteiger partial charge in [0.1, 0.15) is 5.69 Å². The molecular weight excluding hydrogens is 568 g/mol. The van der Waals surface area contributed by atoms with Crippen molar-refractivity contribution in [1.82, 2.24) is 0 Å². The molecule has 0 saturated carbocycles. The van der Waals surface area contributed by atoms with Crippen LogP contribution in [0.3, 0.4) is 0 Å². The molecule has 0 aliphatic heterocycles. The highest BCUT2D eigenvalue weighted by Crippen LogP contribution is 2.36. The summed E-state index contributed by atoms with van der Waals surface area (Å²) in [4.78, 5) is 34.6. The van der Waals surface area contributed by atoms with Gasteiger partial charge < -0.3 is 15.5 Å². The van der Waals surface area contributed by atoms with Crippen LogP contribution in [0.4, 0.5) is 17.1 Å². The van der Waals surface area contributed by atoms with E-state index in [2.05, 4.69) is 38.1 Å².